The zero-order valence-corrected chi connectivity index (χ0v) is 12.3. The van der Waals surface area contributed by atoms with Crippen LogP contribution in [0.25, 0.3) is 0 Å². The maximum Gasteiger partial charge on any atom is 0.0587 e. The third kappa shape index (κ3) is 5.56. The summed E-state index contributed by atoms with van der Waals surface area (Å²) in [5, 5.41) is 3.59. The molecule has 1 saturated heterocycles. The molecule has 3 nitrogen and oxygen atoms in total. The van der Waals surface area contributed by atoms with Gasteiger partial charge in [-0.15, -0.1) is 12.4 Å². The lowest BCUT2D eigenvalue weighted by Gasteiger charge is -2.34. The highest BCUT2D eigenvalue weighted by Crippen LogP contribution is 2.17. The van der Waals surface area contributed by atoms with Crippen molar-refractivity contribution in [1.82, 2.24) is 5.32 Å². The molecule has 3 N–H and O–H groups in total. The minimum atomic E-state index is 0. The Hall–Kier alpha value is 0.170. The van der Waals surface area contributed by atoms with Crippen LogP contribution in [0.5, 0.6) is 0 Å². The van der Waals surface area contributed by atoms with Gasteiger partial charge >= 0.3 is 0 Å². The van der Waals surface area contributed by atoms with Crippen molar-refractivity contribution in [3.63, 3.8) is 0 Å². The van der Waals surface area contributed by atoms with Gasteiger partial charge in [0.1, 0.15) is 0 Å². The van der Waals surface area contributed by atoms with E-state index in [1.807, 2.05) is 0 Å². The molecular weight excluding hydrogens is 236 g/mol. The highest BCUT2D eigenvalue weighted by Gasteiger charge is 2.26. The summed E-state index contributed by atoms with van der Waals surface area (Å²) in [6, 6.07) is 0. The first-order valence-electron chi connectivity index (χ1n) is 6.65. The van der Waals surface area contributed by atoms with Gasteiger partial charge in [0.05, 0.1) is 6.10 Å². The number of hydrogen-bond donors (Lipinski definition) is 2. The van der Waals surface area contributed by atoms with Gasteiger partial charge in [-0.2, -0.15) is 0 Å². The summed E-state index contributed by atoms with van der Waals surface area (Å²) in [6.45, 7) is 9.29. The van der Waals surface area contributed by atoms with E-state index in [1.165, 1.54) is 19.3 Å². The topological polar surface area (TPSA) is 47.3 Å². The summed E-state index contributed by atoms with van der Waals surface area (Å²) in [4.78, 5) is 0. The SMILES string of the molecule is CC(C)C(C)(CN)NCCC1CCCCO1.Cl. The number of halogens is 1. The first-order valence-corrected chi connectivity index (χ1v) is 6.65. The number of nitrogens with one attached hydrogen (secondary N) is 1. The molecule has 0 radical (unpaired) electrons. The van der Waals surface area contributed by atoms with Crippen LogP contribution < -0.4 is 11.1 Å². The Bertz CT molecular complexity index is 196. The molecular formula is C13H29ClN2O. The second kappa shape index (κ2) is 8.30. The molecule has 0 aromatic rings. The molecule has 0 aromatic carbocycles. The molecule has 0 saturated carbocycles. The van der Waals surface area contributed by atoms with Crippen LogP contribution in [0.15, 0.2) is 0 Å². The largest absolute Gasteiger partial charge is 0.378 e. The monoisotopic (exact) mass is 264 g/mol. The molecule has 0 aliphatic carbocycles. The van der Waals surface area contributed by atoms with E-state index >= 15 is 0 Å². The van der Waals surface area contributed by atoms with Gasteiger partial charge in [0.25, 0.3) is 0 Å². The summed E-state index contributed by atoms with van der Waals surface area (Å²) in [7, 11) is 0. The number of ether oxygens (including phenoxy) is 1. The van der Waals surface area contributed by atoms with E-state index in [0.29, 0.717) is 18.6 Å². The molecule has 2 atom stereocenters. The number of nitrogens with two attached hydrogens (primary N) is 1. The normalized spacial score (nSPS) is 24.2. The lowest BCUT2D eigenvalue weighted by atomic mass is 9.88. The molecule has 0 amide bonds. The van der Waals surface area contributed by atoms with Gasteiger partial charge in [0.2, 0.25) is 0 Å². The lowest BCUT2D eigenvalue weighted by molar-refractivity contribution is 0.0101. The molecule has 1 heterocycles. The van der Waals surface area contributed by atoms with Gasteiger partial charge in [-0.1, -0.05) is 13.8 Å². The third-order valence-corrected chi connectivity index (χ3v) is 3.97. The summed E-state index contributed by atoms with van der Waals surface area (Å²) in [5.74, 6) is 0.560. The molecule has 1 aliphatic rings. The Morgan fingerprint density at radius 3 is 2.59 bits per heavy atom. The summed E-state index contributed by atoms with van der Waals surface area (Å²) < 4.78 is 5.72. The molecule has 0 aromatic heterocycles. The highest BCUT2D eigenvalue weighted by atomic mass is 35.5. The van der Waals surface area contributed by atoms with Crippen molar-refractivity contribution >= 4 is 12.4 Å². The van der Waals surface area contributed by atoms with Gasteiger partial charge in [0.15, 0.2) is 0 Å². The van der Waals surface area contributed by atoms with Crippen LogP contribution in [0.4, 0.5) is 0 Å². The van der Waals surface area contributed by atoms with E-state index in [1.54, 1.807) is 0 Å². The van der Waals surface area contributed by atoms with Crippen molar-refractivity contribution in [2.24, 2.45) is 11.7 Å². The lowest BCUT2D eigenvalue weighted by Crippen LogP contribution is -2.53. The Balaban J connectivity index is 0.00000256. The van der Waals surface area contributed by atoms with Crippen molar-refractivity contribution < 1.29 is 4.74 Å². The fourth-order valence-electron chi connectivity index (χ4n) is 2.07. The number of rotatable bonds is 6. The molecule has 1 rings (SSSR count). The quantitative estimate of drug-likeness (QED) is 0.774. The van der Waals surface area contributed by atoms with Crippen molar-refractivity contribution in [2.45, 2.75) is 58.1 Å². The van der Waals surface area contributed by atoms with E-state index in [4.69, 9.17) is 10.5 Å². The van der Waals surface area contributed by atoms with Crippen molar-refractivity contribution in [1.29, 1.82) is 0 Å². The maximum atomic E-state index is 5.83. The average Bonchev–Trinajstić information content (AvgIpc) is 2.30. The van der Waals surface area contributed by atoms with Gasteiger partial charge in [-0.25, -0.2) is 0 Å². The first-order chi connectivity index (χ1) is 7.58. The Labute approximate surface area is 112 Å². The van der Waals surface area contributed by atoms with E-state index in [9.17, 15) is 0 Å². The highest BCUT2D eigenvalue weighted by molar-refractivity contribution is 5.85. The second-order valence-corrected chi connectivity index (χ2v) is 5.48. The zero-order chi connectivity index (χ0) is 12.0. The molecule has 4 heteroatoms. The van der Waals surface area contributed by atoms with E-state index in [-0.39, 0.29) is 17.9 Å². The van der Waals surface area contributed by atoms with Crippen LogP contribution in [0.1, 0.15) is 46.5 Å². The van der Waals surface area contributed by atoms with Crippen molar-refractivity contribution in [3.8, 4) is 0 Å². The van der Waals surface area contributed by atoms with Gasteiger partial charge in [-0.05, 0) is 45.1 Å². The fourth-order valence-corrected chi connectivity index (χ4v) is 2.07. The van der Waals surface area contributed by atoms with Crippen LogP contribution in [0, 0.1) is 5.92 Å². The minimum Gasteiger partial charge on any atom is -0.378 e. The molecule has 0 bridgehead atoms. The number of hydrogen-bond acceptors (Lipinski definition) is 3. The molecule has 0 spiro atoms. The smallest absolute Gasteiger partial charge is 0.0587 e. The van der Waals surface area contributed by atoms with Crippen LogP contribution in [0.2, 0.25) is 0 Å². The maximum absolute atomic E-state index is 5.83. The minimum absolute atomic E-state index is 0. The first kappa shape index (κ1) is 17.2. The Morgan fingerprint density at radius 1 is 1.41 bits per heavy atom. The zero-order valence-electron chi connectivity index (χ0n) is 11.5. The van der Waals surface area contributed by atoms with Gasteiger partial charge in [0, 0.05) is 18.7 Å². The predicted octanol–water partition coefficient (Wildman–Crippen LogP) is 2.33. The Morgan fingerprint density at radius 2 is 2.12 bits per heavy atom. The van der Waals surface area contributed by atoms with Crippen LogP contribution >= 0.6 is 12.4 Å². The molecule has 1 aliphatic heterocycles. The van der Waals surface area contributed by atoms with E-state index in [2.05, 4.69) is 26.1 Å². The van der Waals surface area contributed by atoms with Crippen molar-refractivity contribution in [3.05, 3.63) is 0 Å². The molecule has 2 unspecified atom stereocenters. The Kier molecular flexibility index (Phi) is 8.39. The summed E-state index contributed by atoms with van der Waals surface area (Å²) >= 11 is 0. The van der Waals surface area contributed by atoms with Crippen LogP contribution in [-0.2, 0) is 4.74 Å². The summed E-state index contributed by atoms with van der Waals surface area (Å²) in [6.07, 6.45) is 5.36. The van der Waals surface area contributed by atoms with Crippen LogP contribution in [-0.4, -0.2) is 31.3 Å². The van der Waals surface area contributed by atoms with Gasteiger partial charge in [-0.3, -0.25) is 0 Å². The molecule has 104 valence electrons. The third-order valence-electron chi connectivity index (χ3n) is 3.97. The van der Waals surface area contributed by atoms with E-state index < -0.39 is 0 Å². The fraction of sp³-hybridized carbons (Fsp3) is 1.00. The average molecular weight is 265 g/mol. The molecule has 1 fully saturated rings. The van der Waals surface area contributed by atoms with E-state index in [0.717, 1.165) is 19.6 Å². The standard InChI is InChI=1S/C13H28N2O.ClH/c1-11(2)13(3,10-14)15-8-7-12-6-4-5-9-16-12;/h11-12,15H,4-10,14H2,1-3H3;1H. The second-order valence-electron chi connectivity index (χ2n) is 5.48. The van der Waals surface area contributed by atoms with Crippen LogP contribution in [0.3, 0.4) is 0 Å². The predicted molar refractivity (Wildman–Crippen MR) is 75.8 cm³/mol. The van der Waals surface area contributed by atoms with Crippen molar-refractivity contribution in [2.75, 3.05) is 19.7 Å². The summed E-state index contributed by atoms with van der Waals surface area (Å²) in [5.41, 5.74) is 5.90. The van der Waals surface area contributed by atoms with Gasteiger partial charge < -0.3 is 15.8 Å². The molecule has 17 heavy (non-hydrogen) atoms.